The fraction of sp³-hybridized carbons (Fsp3) is 0.0588. The number of pyridine rings is 1. The molecule has 3 aromatic rings. The minimum Gasteiger partial charge on any atom is -0.320 e. The van der Waals surface area contributed by atoms with Crippen molar-refractivity contribution in [3.8, 4) is 0 Å². The maximum Gasteiger partial charge on any atom is 0.256 e. The molecule has 4 heteroatoms. The van der Waals surface area contributed by atoms with Crippen LogP contribution in [0.3, 0.4) is 0 Å². The number of fused-ring (bicyclic) bond motifs is 2. The van der Waals surface area contributed by atoms with E-state index in [9.17, 15) is 4.79 Å². The summed E-state index contributed by atoms with van der Waals surface area (Å²) in [6.45, 7) is 2.10. The second kappa shape index (κ2) is 4.53. The van der Waals surface area contributed by atoms with Crippen LogP contribution < -0.4 is 5.32 Å². The van der Waals surface area contributed by atoms with Crippen LogP contribution in [0.15, 0.2) is 42.7 Å². The molecule has 1 aliphatic heterocycles. The third-order valence-electron chi connectivity index (χ3n) is 3.76. The number of aromatic nitrogens is 1. The quantitative estimate of drug-likeness (QED) is 0.686. The number of aryl methyl sites for hydroxylation is 1. The van der Waals surface area contributed by atoms with Gasteiger partial charge in [0.15, 0.2) is 0 Å². The summed E-state index contributed by atoms with van der Waals surface area (Å²) < 4.78 is 1.25. The zero-order valence-electron chi connectivity index (χ0n) is 11.4. The first kappa shape index (κ1) is 12.3. The van der Waals surface area contributed by atoms with E-state index in [1.54, 1.807) is 23.7 Å². The lowest BCUT2D eigenvalue weighted by Crippen LogP contribution is -2.03. The number of nitrogens with zero attached hydrogens (tertiary/aromatic N) is 1. The van der Waals surface area contributed by atoms with Crippen molar-refractivity contribution in [2.75, 3.05) is 5.32 Å². The number of hydrogen-bond acceptors (Lipinski definition) is 3. The first-order valence-corrected chi connectivity index (χ1v) is 7.51. The molecule has 3 nitrogen and oxygen atoms in total. The van der Waals surface area contributed by atoms with E-state index >= 15 is 0 Å². The number of thiophene rings is 1. The zero-order valence-corrected chi connectivity index (χ0v) is 12.2. The number of nitrogens with one attached hydrogen (secondary N) is 1. The molecule has 1 amide bonds. The highest BCUT2D eigenvalue weighted by atomic mass is 32.1. The van der Waals surface area contributed by atoms with Crippen LogP contribution in [0.25, 0.3) is 21.7 Å². The summed E-state index contributed by atoms with van der Waals surface area (Å²) in [5, 5.41) is 4.11. The van der Waals surface area contributed by atoms with E-state index in [1.807, 2.05) is 24.3 Å². The number of carbonyl (C=O) groups is 1. The topological polar surface area (TPSA) is 42.0 Å². The molecule has 1 aliphatic rings. The molecule has 0 saturated carbocycles. The van der Waals surface area contributed by atoms with Crippen LogP contribution in [-0.2, 0) is 4.79 Å². The molecule has 0 fully saturated rings. The third-order valence-corrected chi connectivity index (χ3v) is 4.98. The minimum atomic E-state index is -0.0603. The highest BCUT2D eigenvalue weighted by Crippen LogP contribution is 2.36. The van der Waals surface area contributed by atoms with Crippen LogP contribution >= 0.6 is 11.3 Å². The summed E-state index contributed by atoms with van der Waals surface area (Å²) in [5.74, 6) is -0.0603. The van der Waals surface area contributed by atoms with Crippen molar-refractivity contribution in [3.63, 3.8) is 0 Å². The number of benzene rings is 1. The molecule has 0 unspecified atom stereocenters. The van der Waals surface area contributed by atoms with E-state index in [-0.39, 0.29) is 5.91 Å². The van der Waals surface area contributed by atoms with Gasteiger partial charge in [0.05, 0.1) is 17.5 Å². The summed E-state index contributed by atoms with van der Waals surface area (Å²) in [7, 11) is 0. The van der Waals surface area contributed by atoms with Crippen LogP contribution in [0.2, 0.25) is 0 Å². The maximum absolute atomic E-state index is 12.2. The largest absolute Gasteiger partial charge is 0.320 e. The van der Waals surface area contributed by atoms with E-state index in [2.05, 4.69) is 29.4 Å². The molecule has 0 bridgehead atoms. The number of rotatable bonds is 1. The predicted molar refractivity (Wildman–Crippen MR) is 87.3 cm³/mol. The van der Waals surface area contributed by atoms with Gasteiger partial charge in [-0.3, -0.25) is 9.78 Å². The minimum absolute atomic E-state index is 0.0603. The lowest BCUT2D eigenvalue weighted by Gasteiger charge is -1.97. The molecule has 1 aromatic carbocycles. The van der Waals surface area contributed by atoms with Gasteiger partial charge in [-0.25, -0.2) is 0 Å². The average molecular weight is 292 g/mol. The van der Waals surface area contributed by atoms with Gasteiger partial charge in [0.2, 0.25) is 0 Å². The van der Waals surface area contributed by atoms with Crippen LogP contribution in [0, 0.1) is 6.92 Å². The molecule has 102 valence electrons. The summed E-state index contributed by atoms with van der Waals surface area (Å²) >= 11 is 1.72. The van der Waals surface area contributed by atoms with Gasteiger partial charge in [0.1, 0.15) is 0 Å². The fourth-order valence-electron chi connectivity index (χ4n) is 2.65. The van der Waals surface area contributed by atoms with Gasteiger partial charge in [0.25, 0.3) is 5.91 Å². The Hall–Kier alpha value is -2.46. The van der Waals surface area contributed by atoms with Gasteiger partial charge in [0, 0.05) is 21.3 Å². The first-order valence-electron chi connectivity index (χ1n) is 6.69. The van der Waals surface area contributed by atoms with Gasteiger partial charge in [-0.2, -0.15) is 0 Å². The van der Waals surface area contributed by atoms with E-state index in [0.29, 0.717) is 5.57 Å². The molecule has 2 aromatic heterocycles. The maximum atomic E-state index is 12.2. The molecule has 0 atom stereocenters. The molecule has 3 heterocycles. The van der Waals surface area contributed by atoms with Gasteiger partial charge >= 0.3 is 0 Å². The number of hydrogen-bond donors (Lipinski definition) is 1. The van der Waals surface area contributed by atoms with E-state index < -0.39 is 0 Å². The Labute approximate surface area is 126 Å². The molecule has 21 heavy (non-hydrogen) atoms. The lowest BCUT2D eigenvalue weighted by atomic mass is 10.1. The Morgan fingerprint density at radius 2 is 2.10 bits per heavy atom. The first-order chi connectivity index (χ1) is 10.2. The normalized spacial score (nSPS) is 15.5. The molecule has 0 saturated heterocycles. The number of carbonyl (C=O) groups excluding carboxylic acids is 1. The van der Waals surface area contributed by atoms with Crippen LogP contribution in [0.4, 0.5) is 5.69 Å². The molecule has 4 rings (SSSR count). The monoisotopic (exact) mass is 292 g/mol. The van der Waals surface area contributed by atoms with Crippen molar-refractivity contribution in [1.29, 1.82) is 0 Å². The molecular formula is C17H12N2OS. The Bertz CT molecular complexity index is 908. The average Bonchev–Trinajstić information content (AvgIpc) is 2.99. The van der Waals surface area contributed by atoms with Gasteiger partial charge < -0.3 is 5.32 Å². The summed E-state index contributed by atoms with van der Waals surface area (Å²) in [5.41, 5.74) is 3.64. The summed E-state index contributed by atoms with van der Waals surface area (Å²) in [4.78, 5) is 17.3. The fourth-order valence-corrected chi connectivity index (χ4v) is 3.80. The highest BCUT2D eigenvalue weighted by Gasteiger charge is 2.24. The SMILES string of the molecule is Cc1c(C=C2C(=O)Nc3cnccc32)sc2ccccc12. The lowest BCUT2D eigenvalue weighted by molar-refractivity contribution is -0.110. The number of anilines is 1. The van der Waals surface area contributed by atoms with Crippen molar-refractivity contribution in [3.05, 3.63) is 58.7 Å². The summed E-state index contributed by atoms with van der Waals surface area (Å²) in [6.07, 6.45) is 5.39. The molecule has 0 radical (unpaired) electrons. The molecule has 0 spiro atoms. The second-order valence-corrected chi connectivity index (χ2v) is 6.10. The summed E-state index contributed by atoms with van der Waals surface area (Å²) in [6, 6.07) is 10.2. The Morgan fingerprint density at radius 1 is 1.24 bits per heavy atom. The van der Waals surface area contributed by atoms with Crippen LogP contribution in [0.1, 0.15) is 16.0 Å². The molecular weight excluding hydrogens is 280 g/mol. The van der Waals surface area contributed by atoms with Gasteiger partial charge in [-0.1, -0.05) is 18.2 Å². The van der Waals surface area contributed by atoms with E-state index in [0.717, 1.165) is 16.1 Å². The molecule has 1 N–H and O–H groups in total. The highest BCUT2D eigenvalue weighted by molar-refractivity contribution is 7.20. The van der Waals surface area contributed by atoms with E-state index in [1.165, 1.54) is 15.6 Å². The van der Waals surface area contributed by atoms with Gasteiger partial charge in [-0.15, -0.1) is 11.3 Å². The van der Waals surface area contributed by atoms with E-state index in [4.69, 9.17) is 0 Å². The van der Waals surface area contributed by atoms with Crippen molar-refractivity contribution in [2.45, 2.75) is 6.92 Å². The smallest absolute Gasteiger partial charge is 0.256 e. The van der Waals surface area contributed by atoms with Crippen LogP contribution in [0.5, 0.6) is 0 Å². The van der Waals surface area contributed by atoms with Crippen LogP contribution in [-0.4, -0.2) is 10.9 Å². The predicted octanol–water partition coefficient (Wildman–Crippen LogP) is 4.10. The Balaban J connectivity index is 1.91. The van der Waals surface area contributed by atoms with Gasteiger partial charge in [-0.05, 0) is 36.1 Å². The third kappa shape index (κ3) is 1.87. The standard InChI is InChI=1S/C17H12N2OS/c1-10-11-4-2-3-5-15(11)21-16(10)8-13-12-6-7-18-9-14(12)19-17(13)20/h2-9H,1H3,(H,19,20). The van der Waals surface area contributed by atoms with Crippen molar-refractivity contribution in [1.82, 2.24) is 4.98 Å². The Morgan fingerprint density at radius 3 is 2.95 bits per heavy atom. The van der Waals surface area contributed by atoms with Crippen molar-refractivity contribution < 1.29 is 4.79 Å². The molecule has 0 aliphatic carbocycles. The zero-order chi connectivity index (χ0) is 14.4. The second-order valence-electron chi connectivity index (χ2n) is 5.02. The van der Waals surface area contributed by atoms with Crippen molar-refractivity contribution in [2.24, 2.45) is 0 Å². The number of amides is 1. The van der Waals surface area contributed by atoms with Crippen molar-refractivity contribution >= 4 is 44.7 Å². The Kier molecular flexibility index (Phi) is 2.65.